The average molecular weight is 842 g/mol. The molecule has 3 heterocycles. The van der Waals surface area contributed by atoms with Gasteiger partial charge in [-0.1, -0.05) is 146 Å². The predicted molar refractivity (Wildman–Crippen MR) is 267 cm³/mol. The van der Waals surface area contributed by atoms with Crippen LogP contribution < -0.4 is 0 Å². The summed E-state index contributed by atoms with van der Waals surface area (Å²) in [6, 6.07) is 75.0. The molecule has 0 atom stereocenters. The van der Waals surface area contributed by atoms with Crippen molar-refractivity contribution >= 4 is 49.3 Å². The number of aromatic nitrogens is 5. The van der Waals surface area contributed by atoms with Gasteiger partial charge in [0.2, 0.25) is 5.95 Å². The molecule has 0 fully saturated rings. The average Bonchev–Trinajstić information content (AvgIpc) is 3.91. The maximum absolute atomic E-state index is 9.53. The second-order valence-corrected chi connectivity index (χ2v) is 16.3. The lowest BCUT2D eigenvalue weighted by Gasteiger charge is -2.14. The van der Waals surface area contributed by atoms with E-state index >= 15 is 0 Å². The summed E-state index contributed by atoms with van der Waals surface area (Å²) in [5.74, 6) is 1.78. The molecule has 12 rings (SSSR count). The summed E-state index contributed by atoms with van der Waals surface area (Å²) in [7, 11) is 0. The number of benzene rings is 9. The van der Waals surface area contributed by atoms with E-state index < -0.39 is 0 Å². The van der Waals surface area contributed by atoms with Gasteiger partial charge in [0.1, 0.15) is 0 Å². The minimum absolute atomic E-state index is 0.558. The molecule has 7 nitrogen and oxygen atoms in total. The molecule has 3 aromatic heterocycles. The number of hydrogen-bond acceptors (Lipinski definition) is 4. The van der Waals surface area contributed by atoms with Crippen molar-refractivity contribution in [3.05, 3.63) is 229 Å². The molecule has 0 spiro atoms. The number of fused-ring (bicyclic) bond motifs is 6. The molecule has 0 unspecified atom stereocenters. The Morgan fingerprint density at radius 1 is 0.379 bits per heavy atom. The van der Waals surface area contributed by atoms with Gasteiger partial charge in [0, 0.05) is 38.4 Å². The summed E-state index contributed by atoms with van der Waals surface area (Å²) in [4.78, 5) is 18.8. The van der Waals surface area contributed by atoms with E-state index in [1.54, 1.807) is 0 Å². The molecule has 0 N–H and O–H groups in total. The van der Waals surface area contributed by atoms with Gasteiger partial charge in [-0.15, -0.1) is 0 Å². The molecule has 66 heavy (non-hydrogen) atoms. The molecule has 0 aliphatic carbocycles. The maximum Gasteiger partial charge on any atom is 0.238 e. The fourth-order valence-corrected chi connectivity index (χ4v) is 9.24. The van der Waals surface area contributed by atoms with Crippen molar-refractivity contribution in [3.63, 3.8) is 0 Å². The zero-order valence-electron chi connectivity index (χ0n) is 35.3. The first kappa shape index (κ1) is 38.3. The van der Waals surface area contributed by atoms with Crippen LogP contribution in [0.4, 0.5) is 5.69 Å². The Balaban J connectivity index is 1.01. The van der Waals surface area contributed by atoms with Crippen molar-refractivity contribution in [2.24, 2.45) is 0 Å². The Morgan fingerprint density at radius 2 is 0.833 bits per heavy atom. The van der Waals surface area contributed by atoms with Gasteiger partial charge in [0.25, 0.3) is 0 Å². The quantitative estimate of drug-likeness (QED) is 0.150. The molecule has 7 heteroatoms. The molecule has 0 bridgehead atoms. The first-order chi connectivity index (χ1) is 32.6. The zero-order chi connectivity index (χ0) is 44.1. The second kappa shape index (κ2) is 15.7. The van der Waals surface area contributed by atoms with Gasteiger partial charge >= 0.3 is 0 Å². The van der Waals surface area contributed by atoms with Crippen molar-refractivity contribution in [3.8, 4) is 73.9 Å². The van der Waals surface area contributed by atoms with E-state index in [9.17, 15) is 5.26 Å². The third-order valence-corrected chi connectivity index (χ3v) is 12.4. The molecular weight excluding hydrogens is 807 g/mol. The number of rotatable bonds is 7. The zero-order valence-corrected chi connectivity index (χ0v) is 35.3. The Kier molecular flexibility index (Phi) is 9.12. The highest BCUT2D eigenvalue weighted by atomic mass is 15.2. The van der Waals surface area contributed by atoms with E-state index in [0.29, 0.717) is 28.8 Å². The molecule has 9 aromatic carbocycles. The summed E-state index contributed by atoms with van der Waals surface area (Å²) in [5, 5.41) is 14.0. The van der Waals surface area contributed by atoms with Crippen molar-refractivity contribution in [2.45, 2.75) is 0 Å². The van der Waals surface area contributed by atoms with Gasteiger partial charge < -0.3 is 4.57 Å². The van der Waals surface area contributed by atoms with Gasteiger partial charge in [-0.25, -0.2) is 9.83 Å². The maximum atomic E-state index is 9.53. The van der Waals surface area contributed by atoms with Gasteiger partial charge in [-0.3, -0.25) is 4.57 Å². The third-order valence-electron chi connectivity index (χ3n) is 12.4. The molecule has 306 valence electrons. The number of hydrogen-bond donors (Lipinski definition) is 0. The van der Waals surface area contributed by atoms with Gasteiger partial charge in [0.05, 0.1) is 40.3 Å². The Morgan fingerprint density at radius 3 is 1.36 bits per heavy atom. The number of nitrogens with zero attached hydrogens (tertiary/aromatic N) is 7. The minimum Gasteiger partial charge on any atom is -0.309 e. The van der Waals surface area contributed by atoms with E-state index in [1.165, 1.54) is 0 Å². The van der Waals surface area contributed by atoms with Gasteiger partial charge in [-0.2, -0.15) is 15.2 Å². The molecule has 0 aliphatic rings. The van der Waals surface area contributed by atoms with Crippen LogP contribution in [0, 0.1) is 17.9 Å². The van der Waals surface area contributed by atoms with Crippen molar-refractivity contribution < 1.29 is 0 Å². The lowest BCUT2D eigenvalue weighted by molar-refractivity contribution is 0.953. The summed E-state index contributed by atoms with van der Waals surface area (Å²) in [6.45, 7) is 7.51. The molecule has 0 saturated carbocycles. The Labute approximate surface area is 380 Å². The van der Waals surface area contributed by atoms with Crippen molar-refractivity contribution in [1.29, 1.82) is 5.26 Å². The van der Waals surface area contributed by atoms with E-state index in [-0.39, 0.29) is 0 Å². The largest absolute Gasteiger partial charge is 0.309 e. The Bertz CT molecular complexity index is 3790. The van der Waals surface area contributed by atoms with Crippen LogP contribution in [0.25, 0.3) is 116 Å². The lowest BCUT2D eigenvalue weighted by atomic mass is 9.97. The smallest absolute Gasteiger partial charge is 0.238 e. The monoisotopic (exact) mass is 841 g/mol. The molecule has 0 aliphatic heterocycles. The normalized spacial score (nSPS) is 11.3. The van der Waals surface area contributed by atoms with E-state index in [2.05, 4.69) is 123 Å². The molecule has 0 radical (unpaired) electrons. The van der Waals surface area contributed by atoms with Crippen molar-refractivity contribution in [1.82, 2.24) is 24.1 Å². The topological polar surface area (TPSA) is 76.7 Å². The summed E-state index contributed by atoms with van der Waals surface area (Å²) in [6.07, 6.45) is 0. The first-order valence-corrected chi connectivity index (χ1v) is 21.7. The first-order valence-electron chi connectivity index (χ1n) is 21.7. The van der Waals surface area contributed by atoms with Gasteiger partial charge in [0.15, 0.2) is 17.3 Å². The van der Waals surface area contributed by atoms with E-state index in [4.69, 9.17) is 21.5 Å². The molecular formula is C59H35N7. The molecule has 0 amide bonds. The fraction of sp³-hybridized carbons (Fsp3) is 0. The highest BCUT2D eigenvalue weighted by Crippen LogP contribution is 2.40. The standard InChI is InChI=1S/C59H35N7/c1-61-47-28-24-40(25-29-47)46-32-45(39-22-20-38(37-60)21-23-39)33-48(34-46)65-53-18-10-8-16-49(53)51-35-43(26-30-55(51)65)44-27-31-56-52(36-44)50-17-9-11-19-54(50)66(56)59-63-57(41-12-4-2-5-13-41)62-58(64-59)42-14-6-3-7-15-42/h2-36H. The van der Waals surface area contributed by atoms with Crippen LogP contribution in [0.3, 0.4) is 0 Å². The van der Waals surface area contributed by atoms with Crippen LogP contribution in [0.2, 0.25) is 0 Å². The highest BCUT2D eigenvalue weighted by molar-refractivity contribution is 6.12. The summed E-state index contributed by atoms with van der Waals surface area (Å²) < 4.78 is 4.50. The summed E-state index contributed by atoms with van der Waals surface area (Å²) in [5.41, 5.74) is 14.6. The van der Waals surface area contributed by atoms with Crippen LogP contribution in [0.15, 0.2) is 212 Å². The van der Waals surface area contributed by atoms with Crippen molar-refractivity contribution in [2.75, 3.05) is 0 Å². The third kappa shape index (κ3) is 6.55. The van der Waals surface area contributed by atoms with Crippen LogP contribution >= 0.6 is 0 Å². The van der Waals surface area contributed by atoms with Crippen LogP contribution in [0.5, 0.6) is 0 Å². The van der Waals surface area contributed by atoms with E-state index in [1.807, 2.05) is 109 Å². The lowest BCUT2D eigenvalue weighted by Crippen LogP contribution is -2.06. The second-order valence-electron chi connectivity index (χ2n) is 16.3. The highest BCUT2D eigenvalue weighted by Gasteiger charge is 2.20. The molecule has 0 saturated heterocycles. The van der Waals surface area contributed by atoms with Crippen LogP contribution in [0.1, 0.15) is 5.56 Å². The van der Waals surface area contributed by atoms with Gasteiger partial charge in [-0.05, 0) is 100 Å². The minimum atomic E-state index is 0.558. The predicted octanol–water partition coefficient (Wildman–Crippen LogP) is 14.8. The van der Waals surface area contributed by atoms with Crippen LogP contribution in [-0.4, -0.2) is 24.1 Å². The molecule has 12 aromatic rings. The fourth-order valence-electron chi connectivity index (χ4n) is 9.24. The SMILES string of the molecule is [C-]#[N+]c1ccc(-c2cc(-c3ccc(C#N)cc3)cc(-n3c4ccccc4c4cc(-c5ccc6c(c5)c5ccccc5n6-c5nc(-c6ccccc6)nc(-c6ccccc6)n5)ccc43)c2)cc1. The number of nitriles is 1. The summed E-state index contributed by atoms with van der Waals surface area (Å²) >= 11 is 0. The number of para-hydroxylation sites is 2. The van der Waals surface area contributed by atoms with E-state index in [0.717, 1.165) is 93.8 Å². The Hall–Kier alpha value is -9.43. The van der Waals surface area contributed by atoms with Crippen LogP contribution in [-0.2, 0) is 0 Å².